The molecule has 2 aromatic rings. The predicted molar refractivity (Wildman–Crippen MR) is 109 cm³/mol. The molecule has 0 saturated heterocycles. The molecule has 0 aromatic heterocycles. The minimum atomic E-state index is -0.605. The lowest BCUT2D eigenvalue weighted by atomic mass is 10.2. The number of carbonyl (C=O) groups excluding carboxylic acids is 3. The molecule has 9 heteroatoms. The maximum Gasteiger partial charge on any atom is 0.417 e. The van der Waals surface area contributed by atoms with Crippen LogP contribution in [-0.2, 0) is 4.74 Å². The van der Waals surface area contributed by atoms with Gasteiger partial charge in [0.2, 0.25) is 5.12 Å². The van der Waals surface area contributed by atoms with Crippen molar-refractivity contribution < 1.29 is 19.1 Å². The molecule has 0 radical (unpaired) electrons. The Kier molecular flexibility index (Phi) is 10.2. The van der Waals surface area contributed by atoms with Crippen LogP contribution < -0.4 is 15.8 Å². The van der Waals surface area contributed by atoms with E-state index in [0.29, 0.717) is 23.1 Å². The lowest BCUT2D eigenvalue weighted by Gasteiger charge is -2.02. The fourth-order valence-corrected chi connectivity index (χ4v) is 2.24. The van der Waals surface area contributed by atoms with Crippen LogP contribution in [0.1, 0.15) is 27.6 Å². The summed E-state index contributed by atoms with van der Waals surface area (Å²) in [6.45, 7) is 1.98. The Morgan fingerprint density at radius 3 is 2.00 bits per heavy atom. The van der Waals surface area contributed by atoms with Gasteiger partial charge in [-0.25, -0.2) is 4.79 Å². The number of hydrogen-bond acceptors (Lipinski definition) is 6. The first kappa shape index (κ1) is 22.1. The summed E-state index contributed by atoms with van der Waals surface area (Å²) in [6.07, 6.45) is -0.605. The molecule has 0 spiro atoms. The molecule has 0 aliphatic rings. The molecular weight excluding hydrogens is 386 g/mol. The Balaban J connectivity index is 0.000000277. The summed E-state index contributed by atoms with van der Waals surface area (Å²) in [5.74, 6) is -0.275. The van der Waals surface area contributed by atoms with E-state index in [1.807, 2.05) is 12.1 Å². The van der Waals surface area contributed by atoms with Crippen molar-refractivity contribution in [2.75, 3.05) is 6.61 Å². The van der Waals surface area contributed by atoms with Crippen LogP contribution in [0.25, 0.3) is 0 Å². The van der Waals surface area contributed by atoms with Gasteiger partial charge in [0.1, 0.15) is 0 Å². The number of amides is 2. The van der Waals surface area contributed by atoms with Crippen molar-refractivity contribution in [3.8, 4) is 0 Å². The summed E-state index contributed by atoms with van der Waals surface area (Å²) >= 11 is 5.23. The second-order valence-electron chi connectivity index (χ2n) is 4.76. The Hall–Kier alpha value is -2.91. The lowest BCUT2D eigenvalue weighted by molar-refractivity contribution is 0.0977. The van der Waals surface area contributed by atoms with E-state index in [4.69, 9.17) is 5.73 Å². The van der Waals surface area contributed by atoms with Crippen molar-refractivity contribution in [2.24, 2.45) is 5.73 Å². The maximum atomic E-state index is 11.4. The number of nitrogens with one attached hydrogen (secondary N) is 2. The number of hydrogen-bond donors (Lipinski definition) is 3. The zero-order valence-corrected chi connectivity index (χ0v) is 16.1. The highest BCUT2D eigenvalue weighted by molar-refractivity contribution is 8.12. The van der Waals surface area contributed by atoms with E-state index in [9.17, 15) is 14.4 Å². The molecule has 2 rings (SSSR count). The summed E-state index contributed by atoms with van der Waals surface area (Å²) in [6, 6.07) is 17.5. The summed E-state index contributed by atoms with van der Waals surface area (Å²) in [4.78, 5) is 33.5. The molecule has 0 saturated carbocycles. The Morgan fingerprint density at radius 1 is 1.00 bits per heavy atom. The second-order valence-corrected chi connectivity index (χ2v) is 5.98. The van der Waals surface area contributed by atoms with Gasteiger partial charge in [-0.1, -0.05) is 48.5 Å². The summed E-state index contributed by atoms with van der Waals surface area (Å²) in [7, 11) is 0. The molecule has 0 aliphatic heterocycles. The van der Waals surface area contributed by atoms with Gasteiger partial charge < -0.3 is 10.5 Å². The van der Waals surface area contributed by atoms with Gasteiger partial charge >= 0.3 is 6.09 Å². The van der Waals surface area contributed by atoms with Gasteiger partial charge in [-0.05, 0) is 31.3 Å². The lowest BCUT2D eigenvalue weighted by Crippen LogP contribution is -2.34. The minimum absolute atomic E-state index is 0.0103. The Labute approximate surface area is 166 Å². The molecule has 142 valence electrons. The average Bonchev–Trinajstić information content (AvgIpc) is 2.68. The highest BCUT2D eigenvalue weighted by Gasteiger charge is 2.08. The van der Waals surface area contributed by atoms with Crippen LogP contribution in [0.2, 0.25) is 0 Å². The van der Waals surface area contributed by atoms with E-state index in [1.165, 1.54) is 0 Å². The SMILES string of the molecule is CCOC(=O)NSC(=O)c1ccccc1.NC(=S)NC(=O)c1ccccc1. The molecule has 27 heavy (non-hydrogen) atoms. The van der Waals surface area contributed by atoms with Crippen LogP contribution in [0.3, 0.4) is 0 Å². The molecule has 0 fully saturated rings. The zero-order valence-electron chi connectivity index (χ0n) is 14.5. The van der Waals surface area contributed by atoms with Crippen LogP contribution in [0.5, 0.6) is 0 Å². The molecule has 0 atom stereocenters. The standard InChI is InChI=1S/C10H11NO3S.C8H8N2OS/c1-2-14-10(13)11-15-9(12)8-6-4-3-5-7-8;9-8(12)10-7(11)6-4-2-1-3-5-6/h3-7H,2H2,1H3,(H,11,13);1-5H,(H3,9,10,11,12). The van der Waals surface area contributed by atoms with Gasteiger partial charge in [-0.2, -0.15) is 0 Å². The maximum absolute atomic E-state index is 11.4. The van der Waals surface area contributed by atoms with Crippen LogP contribution in [0.4, 0.5) is 4.79 Å². The van der Waals surface area contributed by atoms with E-state index in [1.54, 1.807) is 55.5 Å². The molecule has 2 amide bonds. The van der Waals surface area contributed by atoms with E-state index >= 15 is 0 Å². The van der Waals surface area contributed by atoms with Crippen molar-refractivity contribution >= 4 is 46.4 Å². The number of carbonyl (C=O) groups is 3. The van der Waals surface area contributed by atoms with E-state index in [0.717, 1.165) is 0 Å². The first-order valence-electron chi connectivity index (χ1n) is 7.78. The monoisotopic (exact) mass is 405 g/mol. The highest BCUT2D eigenvalue weighted by Crippen LogP contribution is 2.08. The summed E-state index contributed by atoms with van der Waals surface area (Å²) in [5, 5.41) is 2.10. The van der Waals surface area contributed by atoms with Gasteiger partial charge in [0, 0.05) is 23.1 Å². The van der Waals surface area contributed by atoms with Gasteiger partial charge in [0.15, 0.2) is 5.11 Å². The van der Waals surface area contributed by atoms with Gasteiger partial charge in [-0.3, -0.25) is 19.6 Å². The topological polar surface area (TPSA) is 111 Å². The molecule has 2 aromatic carbocycles. The first-order valence-corrected chi connectivity index (χ1v) is 9.01. The number of nitrogens with two attached hydrogens (primary N) is 1. The Bertz CT molecular complexity index is 771. The largest absolute Gasteiger partial charge is 0.449 e. The van der Waals surface area contributed by atoms with Crippen LogP contribution >= 0.6 is 24.2 Å². The zero-order chi connectivity index (χ0) is 20.1. The molecule has 7 nitrogen and oxygen atoms in total. The van der Waals surface area contributed by atoms with E-state index in [-0.39, 0.29) is 22.7 Å². The van der Waals surface area contributed by atoms with Crippen LogP contribution in [0.15, 0.2) is 60.7 Å². The first-order chi connectivity index (χ1) is 12.9. The van der Waals surface area contributed by atoms with Crippen molar-refractivity contribution in [1.29, 1.82) is 0 Å². The van der Waals surface area contributed by atoms with E-state index in [2.05, 4.69) is 27.0 Å². The smallest absolute Gasteiger partial charge is 0.417 e. The number of ether oxygens (including phenoxy) is 1. The van der Waals surface area contributed by atoms with E-state index < -0.39 is 6.09 Å². The fraction of sp³-hybridized carbons (Fsp3) is 0.111. The van der Waals surface area contributed by atoms with Crippen molar-refractivity contribution in [3.05, 3.63) is 71.8 Å². The third kappa shape index (κ3) is 9.38. The fourth-order valence-electron chi connectivity index (χ4n) is 1.66. The third-order valence-electron chi connectivity index (χ3n) is 2.78. The molecule has 4 N–H and O–H groups in total. The normalized spacial score (nSPS) is 9.22. The van der Waals surface area contributed by atoms with Gasteiger partial charge in [0.25, 0.3) is 5.91 Å². The van der Waals surface area contributed by atoms with Crippen molar-refractivity contribution in [2.45, 2.75) is 6.92 Å². The highest BCUT2D eigenvalue weighted by atomic mass is 32.2. The molecule has 0 heterocycles. The molecular formula is C18H19N3O4S2. The van der Waals surface area contributed by atoms with Crippen LogP contribution in [-0.4, -0.2) is 28.8 Å². The van der Waals surface area contributed by atoms with Crippen molar-refractivity contribution in [3.63, 3.8) is 0 Å². The quantitative estimate of drug-likeness (QED) is 0.532. The Morgan fingerprint density at radius 2 is 1.52 bits per heavy atom. The summed E-state index contributed by atoms with van der Waals surface area (Å²) in [5.41, 5.74) is 6.22. The molecule has 0 unspecified atom stereocenters. The number of rotatable bonds is 3. The predicted octanol–water partition coefficient (Wildman–Crippen LogP) is 2.88. The number of benzene rings is 2. The average molecular weight is 406 g/mol. The minimum Gasteiger partial charge on any atom is -0.449 e. The van der Waals surface area contributed by atoms with Gasteiger partial charge in [0.05, 0.1) is 6.61 Å². The van der Waals surface area contributed by atoms with Crippen molar-refractivity contribution in [1.82, 2.24) is 10.0 Å². The van der Waals surface area contributed by atoms with Gasteiger partial charge in [-0.15, -0.1) is 0 Å². The summed E-state index contributed by atoms with van der Waals surface area (Å²) < 4.78 is 6.89. The molecule has 0 aliphatic carbocycles. The number of thiocarbonyl (C=S) groups is 1. The van der Waals surface area contributed by atoms with Crippen LogP contribution in [0, 0.1) is 0 Å². The third-order valence-corrected chi connectivity index (χ3v) is 3.58. The second kappa shape index (κ2) is 12.4. The molecule has 0 bridgehead atoms.